The number of carboxylic acids is 1. The van der Waals surface area contributed by atoms with Crippen LogP contribution in [0.15, 0.2) is 36.7 Å². The zero-order valence-electron chi connectivity index (χ0n) is 14.5. The van der Waals surface area contributed by atoms with E-state index in [1.165, 1.54) is 16.7 Å². The molecule has 1 saturated heterocycles. The summed E-state index contributed by atoms with van der Waals surface area (Å²) in [5.74, 6) is -0.826. The van der Waals surface area contributed by atoms with Gasteiger partial charge in [-0.05, 0) is 11.1 Å². The van der Waals surface area contributed by atoms with Crippen LogP contribution in [-0.2, 0) is 27.1 Å². The monoisotopic (exact) mass is 392 g/mol. The normalized spacial score (nSPS) is 15.4. The van der Waals surface area contributed by atoms with Crippen LogP contribution in [0.2, 0.25) is 0 Å². The van der Waals surface area contributed by atoms with Crippen LogP contribution in [0, 0.1) is 0 Å². The Morgan fingerprint density at radius 3 is 2.48 bits per heavy atom. The predicted molar refractivity (Wildman–Crippen MR) is 97.8 cm³/mol. The SMILES string of the molecule is O=C(O)c1cnc(NCc2ccccc2CS(=O)(=O)N2CCOCC2)cn1. The van der Waals surface area contributed by atoms with E-state index in [0.29, 0.717) is 44.2 Å². The molecule has 0 saturated carbocycles. The lowest BCUT2D eigenvalue weighted by Gasteiger charge is -2.26. The lowest BCUT2D eigenvalue weighted by atomic mass is 10.1. The Balaban J connectivity index is 1.69. The molecule has 1 fully saturated rings. The summed E-state index contributed by atoms with van der Waals surface area (Å²) in [6.07, 6.45) is 2.50. The van der Waals surface area contributed by atoms with Crippen LogP contribution >= 0.6 is 0 Å². The van der Waals surface area contributed by atoms with Crippen LogP contribution in [0.1, 0.15) is 21.6 Å². The number of benzene rings is 1. The summed E-state index contributed by atoms with van der Waals surface area (Å²) < 4.78 is 32.0. The van der Waals surface area contributed by atoms with Gasteiger partial charge in [0.15, 0.2) is 5.69 Å². The number of hydrogen-bond acceptors (Lipinski definition) is 7. The summed E-state index contributed by atoms with van der Waals surface area (Å²) in [5, 5.41) is 11.9. The van der Waals surface area contributed by atoms with E-state index in [9.17, 15) is 13.2 Å². The van der Waals surface area contributed by atoms with Crippen LogP contribution in [-0.4, -0.2) is 60.1 Å². The van der Waals surface area contributed by atoms with E-state index in [4.69, 9.17) is 9.84 Å². The van der Waals surface area contributed by atoms with Gasteiger partial charge in [0, 0.05) is 19.6 Å². The van der Waals surface area contributed by atoms with Gasteiger partial charge < -0.3 is 15.2 Å². The summed E-state index contributed by atoms with van der Waals surface area (Å²) in [7, 11) is -3.42. The maximum absolute atomic E-state index is 12.7. The van der Waals surface area contributed by atoms with E-state index in [2.05, 4.69) is 15.3 Å². The maximum atomic E-state index is 12.7. The zero-order valence-corrected chi connectivity index (χ0v) is 15.4. The third-order valence-electron chi connectivity index (χ3n) is 4.15. The molecule has 2 heterocycles. The molecule has 10 heteroatoms. The molecule has 0 atom stereocenters. The molecule has 27 heavy (non-hydrogen) atoms. The lowest BCUT2D eigenvalue weighted by molar-refractivity contribution is 0.0690. The molecule has 0 unspecified atom stereocenters. The first kappa shape index (κ1) is 19.2. The number of morpholine rings is 1. The van der Waals surface area contributed by atoms with Crippen molar-refractivity contribution in [1.29, 1.82) is 0 Å². The largest absolute Gasteiger partial charge is 0.476 e. The van der Waals surface area contributed by atoms with Gasteiger partial charge in [0.1, 0.15) is 5.82 Å². The van der Waals surface area contributed by atoms with Crippen molar-refractivity contribution >= 4 is 21.8 Å². The molecule has 2 aromatic rings. The topological polar surface area (TPSA) is 122 Å². The Bertz CT molecular complexity index is 896. The Morgan fingerprint density at radius 1 is 1.15 bits per heavy atom. The fourth-order valence-electron chi connectivity index (χ4n) is 2.70. The highest BCUT2D eigenvalue weighted by atomic mass is 32.2. The third-order valence-corrected chi connectivity index (χ3v) is 5.98. The molecule has 3 rings (SSSR count). The highest BCUT2D eigenvalue weighted by Gasteiger charge is 2.25. The minimum absolute atomic E-state index is 0.0888. The van der Waals surface area contributed by atoms with Crippen molar-refractivity contribution in [2.75, 3.05) is 31.6 Å². The zero-order chi connectivity index (χ0) is 19.3. The van der Waals surface area contributed by atoms with Crippen molar-refractivity contribution in [1.82, 2.24) is 14.3 Å². The first-order chi connectivity index (χ1) is 13.0. The first-order valence-electron chi connectivity index (χ1n) is 8.37. The average Bonchev–Trinajstić information content (AvgIpc) is 2.68. The first-order valence-corrected chi connectivity index (χ1v) is 9.98. The summed E-state index contributed by atoms with van der Waals surface area (Å²) in [5.41, 5.74) is 1.38. The van der Waals surface area contributed by atoms with Crippen molar-refractivity contribution in [2.45, 2.75) is 12.3 Å². The second-order valence-electron chi connectivity index (χ2n) is 5.98. The number of nitrogens with zero attached hydrogens (tertiary/aromatic N) is 3. The van der Waals surface area contributed by atoms with E-state index in [1.807, 2.05) is 12.1 Å². The second-order valence-corrected chi connectivity index (χ2v) is 7.95. The Labute approximate surface area is 157 Å². The Kier molecular flexibility index (Phi) is 5.99. The van der Waals surface area contributed by atoms with Gasteiger partial charge in [0.2, 0.25) is 10.0 Å². The number of carbonyl (C=O) groups is 1. The number of nitrogens with one attached hydrogen (secondary N) is 1. The van der Waals surface area contributed by atoms with E-state index < -0.39 is 16.0 Å². The van der Waals surface area contributed by atoms with Crippen LogP contribution in [0.25, 0.3) is 0 Å². The molecule has 1 aliphatic heterocycles. The van der Waals surface area contributed by atoms with Gasteiger partial charge in [-0.1, -0.05) is 24.3 Å². The van der Waals surface area contributed by atoms with Gasteiger partial charge in [-0.2, -0.15) is 4.31 Å². The quantitative estimate of drug-likeness (QED) is 0.714. The van der Waals surface area contributed by atoms with Crippen LogP contribution in [0.3, 0.4) is 0 Å². The molecule has 2 N–H and O–H groups in total. The number of anilines is 1. The van der Waals surface area contributed by atoms with E-state index in [-0.39, 0.29) is 11.4 Å². The van der Waals surface area contributed by atoms with Crippen LogP contribution in [0.5, 0.6) is 0 Å². The number of ether oxygens (including phenoxy) is 1. The molecule has 0 amide bonds. The smallest absolute Gasteiger partial charge is 0.356 e. The van der Waals surface area contributed by atoms with E-state index in [0.717, 1.165) is 5.56 Å². The summed E-state index contributed by atoms with van der Waals surface area (Å²) >= 11 is 0. The fraction of sp³-hybridized carbons (Fsp3) is 0.353. The van der Waals surface area contributed by atoms with Crippen molar-refractivity contribution in [3.63, 3.8) is 0 Å². The standard InChI is InChI=1S/C17H20N4O5S/c22-17(23)15-10-20-16(11-18-15)19-9-13-3-1-2-4-14(13)12-27(24,25)21-5-7-26-8-6-21/h1-4,10-11H,5-9,12H2,(H,19,20)(H,22,23). The van der Waals surface area contributed by atoms with Crippen molar-refractivity contribution in [3.05, 3.63) is 53.5 Å². The van der Waals surface area contributed by atoms with Crippen molar-refractivity contribution in [2.24, 2.45) is 0 Å². The van der Waals surface area contributed by atoms with Gasteiger partial charge in [0.25, 0.3) is 0 Å². The molecule has 0 spiro atoms. The van der Waals surface area contributed by atoms with Gasteiger partial charge in [-0.25, -0.2) is 23.2 Å². The number of sulfonamides is 1. The minimum Gasteiger partial charge on any atom is -0.476 e. The lowest BCUT2D eigenvalue weighted by Crippen LogP contribution is -2.41. The van der Waals surface area contributed by atoms with Gasteiger partial charge in [-0.15, -0.1) is 0 Å². The number of aromatic nitrogens is 2. The second kappa shape index (κ2) is 8.42. The minimum atomic E-state index is -3.42. The van der Waals surface area contributed by atoms with Crippen LogP contribution in [0.4, 0.5) is 5.82 Å². The number of hydrogen-bond donors (Lipinski definition) is 2. The maximum Gasteiger partial charge on any atom is 0.356 e. The van der Waals surface area contributed by atoms with Gasteiger partial charge >= 0.3 is 5.97 Å². The third kappa shape index (κ3) is 5.00. The van der Waals surface area contributed by atoms with Gasteiger partial charge in [0.05, 0.1) is 31.4 Å². The van der Waals surface area contributed by atoms with Crippen LogP contribution < -0.4 is 5.32 Å². The summed E-state index contributed by atoms with van der Waals surface area (Å²) in [6, 6.07) is 7.26. The molecule has 0 radical (unpaired) electrons. The Morgan fingerprint density at radius 2 is 1.85 bits per heavy atom. The molecular weight excluding hydrogens is 372 g/mol. The number of carboxylic acid groups (broad SMARTS) is 1. The molecule has 144 valence electrons. The molecular formula is C17H20N4O5S. The molecule has 9 nitrogen and oxygen atoms in total. The van der Waals surface area contributed by atoms with Crippen molar-refractivity contribution in [3.8, 4) is 0 Å². The number of rotatable bonds is 7. The molecule has 1 aromatic carbocycles. The molecule has 0 aliphatic carbocycles. The van der Waals surface area contributed by atoms with E-state index >= 15 is 0 Å². The fourth-order valence-corrected chi connectivity index (χ4v) is 4.26. The molecule has 0 bridgehead atoms. The highest BCUT2D eigenvalue weighted by Crippen LogP contribution is 2.17. The highest BCUT2D eigenvalue weighted by molar-refractivity contribution is 7.88. The summed E-state index contributed by atoms with van der Waals surface area (Å²) in [6.45, 7) is 1.90. The summed E-state index contributed by atoms with van der Waals surface area (Å²) in [4.78, 5) is 18.6. The molecule has 1 aromatic heterocycles. The number of aromatic carboxylic acids is 1. The van der Waals surface area contributed by atoms with Gasteiger partial charge in [-0.3, -0.25) is 0 Å². The van der Waals surface area contributed by atoms with Crippen molar-refractivity contribution < 1.29 is 23.1 Å². The van der Waals surface area contributed by atoms with E-state index in [1.54, 1.807) is 12.1 Å². The molecule has 1 aliphatic rings. The Hall–Kier alpha value is -2.56. The predicted octanol–water partition coefficient (Wildman–Crippen LogP) is 0.949. The average molecular weight is 392 g/mol.